The molecule has 0 aliphatic rings. The Kier molecular flexibility index (Phi) is 6.67. The van der Waals surface area contributed by atoms with Gasteiger partial charge in [-0.1, -0.05) is 35.8 Å². The average Bonchev–Trinajstić information content (AvgIpc) is 2.41. The molecule has 2 amide bonds. The zero-order chi connectivity index (χ0) is 15.1. The van der Waals surface area contributed by atoms with Gasteiger partial charge >= 0.3 is 0 Å². The van der Waals surface area contributed by atoms with E-state index < -0.39 is 0 Å². The monoisotopic (exact) mass is 342 g/mol. The number of carbonyl (C=O) groups excluding carboxylic acids is 2. The predicted molar refractivity (Wildman–Crippen MR) is 80.3 cm³/mol. The van der Waals surface area contributed by atoms with Gasteiger partial charge in [0.15, 0.2) is 0 Å². The number of aliphatic hydroxyl groups excluding tert-OH is 1. The van der Waals surface area contributed by atoms with Crippen LogP contribution in [0.25, 0.3) is 0 Å². The van der Waals surface area contributed by atoms with Crippen molar-refractivity contribution in [3.05, 3.63) is 34.3 Å². The van der Waals surface area contributed by atoms with Crippen molar-refractivity contribution in [1.82, 2.24) is 10.6 Å². The molecule has 0 aliphatic heterocycles. The Bertz CT molecular complexity index is 477. The normalized spacial score (nSPS) is 12.1. The van der Waals surface area contributed by atoms with Crippen LogP contribution < -0.4 is 10.6 Å². The van der Waals surface area contributed by atoms with E-state index in [0.717, 1.165) is 4.47 Å². The van der Waals surface area contributed by atoms with Gasteiger partial charge in [-0.15, -0.1) is 0 Å². The van der Waals surface area contributed by atoms with E-state index in [1.807, 2.05) is 19.9 Å². The van der Waals surface area contributed by atoms with Crippen LogP contribution >= 0.6 is 15.9 Å². The first kappa shape index (κ1) is 16.7. The van der Waals surface area contributed by atoms with Crippen LogP contribution in [0.3, 0.4) is 0 Å². The fourth-order valence-corrected chi connectivity index (χ4v) is 1.97. The minimum Gasteiger partial charge on any atom is -0.394 e. The first-order valence-electron chi connectivity index (χ1n) is 6.38. The molecule has 1 aromatic carbocycles. The van der Waals surface area contributed by atoms with Crippen LogP contribution in [0.5, 0.6) is 0 Å². The highest BCUT2D eigenvalue weighted by Gasteiger charge is 2.15. The van der Waals surface area contributed by atoms with Gasteiger partial charge in [0, 0.05) is 10.0 Å². The number of rotatable bonds is 6. The zero-order valence-electron chi connectivity index (χ0n) is 11.5. The van der Waals surface area contributed by atoms with Crippen LogP contribution in [0, 0.1) is 5.92 Å². The summed E-state index contributed by atoms with van der Waals surface area (Å²) in [6.07, 6.45) is 0. The third-order valence-electron chi connectivity index (χ3n) is 2.84. The lowest BCUT2D eigenvalue weighted by Gasteiger charge is -2.19. The molecule has 5 nitrogen and oxygen atoms in total. The molecule has 0 heterocycles. The van der Waals surface area contributed by atoms with Crippen molar-refractivity contribution in [3.63, 3.8) is 0 Å². The summed E-state index contributed by atoms with van der Waals surface area (Å²) in [5, 5.41) is 14.3. The zero-order valence-corrected chi connectivity index (χ0v) is 13.1. The quantitative estimate of drug-likeness (QED) is 0.729. The lowest BCUT2D eigenvalue weighted by Crippen LogP contribution is -2.45. The van der Waals surface area contributed by atoms with E-state index in [1.165, 1.54) is 0 Å². The molecule has 0 fully saturated rings. The van der Waals surface area contributed by atoms with E-state index in [-0.39, 0.29) is 36.9 Å². The van der Waals surface area contributed by atoms with Gasteiger partial charge in [-0.25, -0.2) is 0 Å². The van der Waals surface area contributed by atoms with Crippen molar-refractivity contribution in [2.45, 2.75) is 19.9 Å². The van der Waals surface area contributed by atoms with Crippen molar-refractivity contribution in [2.75, 3.05) is 13.2 Å². The lowest BCUT2D eigenvalue weighted by atomic mass is 10.1. The second-order valence-electron chi connectivity index (χ2n) is 4.79. The van der Waals surface area contributed by atoms with Crippen molar-refractivity contribution in [2.24, 2.45) is 5.92 Å². The lowest BCUT2D eigenvalue weighted by molar-refractivity contribution is -0.121. The highest BCUT2D eigenvalue weighted by Crippen LogP contribution is 2.11. The maximum absolute atomic E-state index is 11.8. The molecule has 0 spiro atoms. The van der Waals surface area contributed by atoms with Crippen LogP contribution in [0.2, 0.25) is 0 Å². The molecule has 1 aromatic rings. The molecule has 0 bridgehead atoms. The Labute approximate surface area is 126 Å². The summed E-state index contributed by atoms with van der Waals surface area (Å²) in [6, 6.07) is 6.61. The van der Waals surface area contributed by atoms with Gasteiger partial charge in [0.25, 0.3) is 5.91 Å². The Balaban J connectivity index is 2.47. The van der Waals surface area contributed by atoms with E-state index in [4.69, 9.17) is 5.11 Å². The summed E-state index contributed by atoms with van der Waals surface area (Å²) in [4.78, 5) is 23.5. The van der Waals surface area contributed by atoms with Crippen LogP contribution in [-0.2, 0) is 4.79 Å². The standard InChI is InChI=1S/C14H19BrN2O3/c1-9(2)12(8-18)17-13(19)7-16-14(20)10-4-3-5-11(15)6-10/h3-6,9,12,18H,7-8H2,1-2H3,(H,16,20)(H,17,19). The Morgan fingerprint density at radius 3 is 2.60 bits per heavy atom. The van der Waals surface area contributed by atoms with Crippen LogP contribution in [0.15, 0.2) is 28.7 Å². The topological polar surface area (TPSA) is 78.4 Å². The third kappa shape index (κ3) is 5.30. The first-order chi connectivity index (χ1) is 9.43. The smallest absolute Gasteiger partial charge is 0.251 e. The summed E-state index contributed by atoms with van der Waals surface area (Å²) in [5.74, 6) is -0.502. The molecular formula is C14H19BrN2O3. The fourth-order valence-electron chi connectivity index (χ4n) is 1.57. The minimum absolute atomic E-state index is 0.117. The Morgan fingerprint density at radius 2 is 2.05 bits per heavy atom. The van der Waals surface area contributed by atoms with Crippen molar-refractivity contribution in [3.8, 4) is 0 Å². The molecule has 1 unspecified atom stereocenters. The van der Waals surface area contributed by atoms with E-state index in [9.17, 15) is 9.59 Å². The predicted octanol–water partition coefficient (Wildman–Crippen LogP) is 1.31. The van der Waals surface area contributed by atoms with E-state index in [0.29, 0.717) is 5.56 Å². The molecule has 6 heteroatoms. The number of amides is 2. The van der Waals surface area contributed by atoms with Gasteiger partial charge in [-0.2, -0.15) is 0 Å². The summed E-state index contributed by atoms with van der Waals surface area (Å²) >= 11 is 3.28. The molecule has 0 radical (unpaired) electrons. The first-order valence-corrected chi connectivity index (χ1v) is 7.17. The summed E-state index contributed by atoms with van der Waals surface area (Å²) in [6.45, 7) is 3.57. The maximum Gasteiger partial charge on any atom is 0.251 e. The number of nitrogens with one attached hydrogen (secondary N) is 2. The minimum atomic E-state index is -0.318. The molecule has 0 saturated heterocycles. The molecule has 1 rings (SSSR count). The van der Waals surface area contributed by atoms with Gasteiger partial charge < -0.3 is 15.7 Å². The highest BCUT2D eigenvalue weighted by molar-refractivity contribution is 9.10. The molecule has 1 atom stereocenters. The van der Waals surface area contributed by atoms with Crippen LogP contribution in [0.4, 0.5) is 0 Å². The Hall–Kier alpha value is -1.40. The SMILES string of the molecule is CC(C)C(CO)NC(=O)CNC(=O)c1cccc(Br)c1. The molecule has 0 aliphatic carbocycles. The van der Waals surface area contributed by atoms with Crippen molar-refractivity contribution < 1.29 is 14.7 Å². The second kappa shape index (κ2) is 8.01. The molecule has 0 aromatic heterocycles. The summed E-state index contributed by atoms with van der Waals surface area (Å²) < 4.78 is 0.801. The van der Waals surface area contributed by atoms with Crippen molar-refractivity contribution in [1.29, 1.82) is 0 Å². The fraction of sp³-hybridized carbons (Fsp3) is 0.429. The second-order valence-corrected chi connectivity index (χ2v) is 5.71. The van der Waals surface area contributed by atoms with Gasteiger partial charge in [0.1, 0.15) is 0 Å². The molecule has 20 heavy (non-hydrogen) atoms. The van der Waals surface area contributed by atoms with Gasteiger partial charge in [-0.3, -0.25) is 9.59 Å². The van der Waals surface area contributed by atoms with Gasteiger partial charge in [0.2, 0.25) is 5.91 Å². The van der Waals surface area contributed by atoms with Crippen LogP contribution in [0.1, 0.15) is 24.2 Å². The third-order valence-corrected chi connectivity index (χ3v) is 3.34. The summed E-state index contributed by atoms with van der Waals surface area (Å²) in [7, 11) is 0. The summed E-state index contributed by atoms with van der Waals surface area (Å²) in [5.41, 5.74) is 0.481. The number of benzene rings is 1. The van der Waals surface area contributed by atoms with Gasteiger partial charge in [0.05, 0.1) is 19.2 Å². The maximum atomic E-state index is 11.8. The molecular weight excluding hydrogens is 324 g/mol. The number of carbonyl (C=O) groups is 2. The molecule has 110 valence electrons. The number of hydrogen-bond acceptors (Lipinski definition) is 3. The van der Waals surface area contributed by atoms with E-state index >= 15 is 0 Å². The molecule has 0 saturated carbocycles. The number of halogens is 1. The Morgan fingerprint density at radius 1 is 1.35 bits per heavy atom. The largest absolute Gasteiger partial charge is 0.394 e. The molecule has 3 N–H and O–H groups in total. The highest BCUT2D eigenvalue weighted by atomic mass is 79.9. The van der Waals surface area contributed by atoms with E-state index in [2.05, 4.69) is 26.6 Å². The number of hydrogen-bond donors (Lipinski definition) is 3. The van der Waals surface area contributed by atoms with Crippen molar-refractivity contribution >= 4 is 27.7 Å². The number of aliphatic hydroxyl groups is 1. The average molecular weight is 343 g/mol. The van der Waals surface area contributed by atoms with Gasteiger partial charge in [-0.05, 0) is 24.1 Å². The van der Waals surface area contributed by atoms with E-state index in [1.54, 1.807) is 18.2 Å². The van der Waals surface area contributed by atoms with Crippen LogP contribution in [-0.4, -0.2) is 36.1 Å².